The van der Waals surface area contributed by atoms with Gasteiger partial charge in [-0.3, -0.25) is 19.5 Å². The summed E-state index contributed by atoms with van der Waals surface area (Å²) in [6.07, 6.45) is 0.734. The van der Waals surface area contributed by atoms with Crippen molar-refractivity contribution in [3.05, 3.63) is 29.8 Å². The summed E-state index contributed by atoms with van der Waals surface area (Å²) in [7, 11) is -3.59. The van der Waals surface area contributed by atoms with Crippen molar-refractivity contribution in [2.75, 3.05) is 7.11 Å². The van der Waals surface area contributed by atoms with Crippen molar-refractivity contribution in [1.29, 1.82) is 0 Å². The van der Waals surface area contributed by atoms with Crippen molar-refractivity contribution in [2.24, 2.45) is 28.1 Å². The maximum absolute atomic E-state index is 13.5. The van der Waals surface area contributed by atoms with Gasteiger partial charge in [0.05, 0.1) is 13.2 Å². The number of phosphoric acid groups is 1. The molecule has 0 saturated heterocycles. The van der Waals surface area contributed by atoms with Crippen LogP contribution in [0.2, 0.25) is 0 Å². The van der Waals surface area contributed by atoms with Crippen molar-refractivity contribution in [2.45, 2.75) is 84.8 Å². The Bertz CT molecular complexity index is 1170. The van der Waals surface area contributed by atoms with Crippen molar-refractivity contribution in [3.8, 4) is 5.75 Å². The van der Waals surface area contributed by atoms with Crippen LogP contribution in [0.5, 0.6) is 5.75 Å². The molecule has 1 aromatic rings. The van der Waals surface area contributed by atoms with Crippen LogP contribution in [0.1, 0.15) is 83.0 Å². The van der Waals surface area contributed by atoms with E-state index in [9.17, 15) is 28.7 Å². The van der Waals surface area contributed by atoms with E-state index in [4.69, 9.17) is 14.0 Å². The predicted molar refractivity (Wildman–Crippen MR) is 140 cm³/mol. The SMILES string of the molecule is CC[C@]1(C)C[C@@H](OC(=O)NC(=O)c2ccc(OC)cc2)[C@]2(C)[C@H](C)CCC3(CCC(=O)[C@H]32)C[C@@H]1OP(=O)([O-])O.[Na+]. The second kappa shape index (κ2) is 12.2. The van der Waals surface area contributed by atoms with Crippen molar-refractivity contribution < 1.29 is 72.3 Å². The summed E-state index contributed by atoms with van der Waals surface area (Å²) < 4.78 is 28.4. The van der Waals surface area contributed by atoms with E-state index in [0.29, 0.717) is 37.9 Å². The molecule has 3 aliphatic rings. The standard InChI is InChI=1S/C28H40NO9P.Na/c1-6-26(3)15-22(37-25(32)29-24(31)18-7-9-19(36-5)10-8-18)27(4)17(2)11-13-28(14-12-20(30)23(27)28)16-21(26)38-39(33,34)35;/h7-10,17,21-23H,6,11-16H2,1-5H3,(H,29,31,32)(H2,33,34,35);/q;+1/p-1/t17-,21+,22-,23+,26-,27+,28?;/m1./s1. The summed E-state index contributed by atoms with van der Waals surface area (Å²) in [5.41, 5.74) is -1.84. The van der Waals surface area contributed by atoms with Crippen LogP contribution in [0.25, 0.3) is 0 Å². The van der Waals surface area contributed by atoms with Crippen molar-refractivity contribution >= 4 is 25.6 Å². The van der Waals surface area contributed by atoms with Gasteiger partial charge >= 0.3 is 35.7 Å². The number of phosphoric ester groups is 1. The van der Waals surface area contributed by atoms with Crippen LogP contribution in [-0.4, -0.2) is 42.0 Å². The minimum Gasteiger partial charge on any atom is -0.756 e. The number of carbonyl (C=O) groups excluding carboxylic acids is 3. The van der Waals surface area contributed by atoms with Gasteiger partial charge in [-0.1, -0.05) is 27.7 Å². The van der Waals surface area contributed by atoms with E-state index in [1.165, 1.54) is 19.2 Å². The van der Waals surface area contributed by atoms with Crippen LogP contribution in [-0.2, 0) is 18.6 Å². The van der Waals surface area contributed by atoms with E-state index in [-0.39, 0.29) is 53.2 Å². The predicted octanol–water partition coefficient (Wildman–Crippen LogP) is 1.39. The average Bonchev–Trinajstić information content (AvgIpc) is 3.21. The monoisotopic (exact) mass is 587 g/mol. The van der Waals surface area contributed by atoms with Gasteiger partial charge in [0, 0.05) is 23.3 Å². The number of rotatable bonds is 6. The Labute approximate surface area is 257 Å². The minimum atomic E-state index is -5.09. The van der Waals surface area contributed by atoms with Crippen LogP contribution in [0.4, 0.5) is 4.79 Å². The molecule has 4 rings (SSSR count). The van der Waals surface area contributed by atoms with E-state index in [2.05, 4.69) is 12.2 Å². The van der Waals surface area contributed by atoms with E-state index >= 15 is 0 Å². The molecule has 2 amide bonds. The van der Waals surface area contributed by atoms with Gasteiger partial charge in [-0.2, -0.15) is 0 Å². The largest absolute Gasteiger partial charge is 1.00 e. The quantitative estimate of drug-likeness (QED) is 0.372. The van der Waals surface area contributed by atoms with Gasteiger partial charge in [0.2, 0.25) is 0 Å². The normalized spacial score (nSPS) is 36.6. The third kappa shape index (κ3) is 6.24. The number of benzene rings is 1. The van der Waals surface area contributed by atoms with Gasteiger partial charge in [0.15, 0.2) is 0 Å². The molecule has 3 fully saturated rings. The van der Waals surface area contributed by atoms with Crippen LogP contribution in [0.15, 0.2) is 24.3 Å². The number of ketones is 1. The molecule has 2 N–H and O–H groups in total. The maximum Gasteiger partial charge on any atom is 1.00 e. The van der Waals surface area contributed by atoms with Crippen molar-refractivity contribution in [3.63, 3.8) is 0 Å². The number of nitrogens with one attached hydrogen (secondary N) is 1. The van der Waals surface area contributed by atoms with Crippen LogP contribution < -0.4 is 44.5 Å². The molecule has 40 heavy (non-hydrogen) atoms. The molecule has 0 aliphatic heterocycles. The summed E-state index contributed by atoms with van der Waals surface area (Å²) in [6.45, 7) is 7.81. The van der Waals surface area contributed by atoms with Gasteiger partial charge in [-0.25, -0.2) is 4.79 Å². The number of methoxy groups -OCH3 is 1. The molecular weight excluding hydrogens is 548 g/mol. The number of ether oxygens (including phenoxy) is 2. The number of hydrogen-bond donors (Lipinski definition) is 2. The Hall–Kier alpha value is -1.26. The topological polar surface area (TPSA) is 151 Å². The maximum atomic E-state index is 13.5. The second-order valence-electron chi connectivity index (χ2n) is 12.1. The van der Waals surface area contributed by atoms with E-state index in [0.717, 1.165) is 6.42 Å². The minimum absolute atomic E-state index is 0. The Morgan fingerprint density at radius 2 is 1.80 bits per heavy atom. The molecule has 1 aromatic carbocycles. The Morgan fingerprint density at radius 3 is 2.38 bits per heavy atom. The van der Waals surface area contributed by atoms with Gasteiger partial charge in [-0.05, 0) is 79.5 Å². The van der Waals surface area contributed by atoms with Gasteiger partial charge in [0.1, 0.15) is 17.6 Å². The molecule has 0 heterocycles. The first-order chi connectivity index (χ1) is 18.2. The fourth-order valence-electron chi connectivity index (χ4n) is 7.53. The molecule has 12 heteroatoms. The summed E-state index contributed by atoms with van der Waals surface area (Å²) >= 11 is 0. The number of hydrogen-bond acceptors (Lipinski definition) is 8. The molecule has 3 aliphatic carbocycles. The summed E-state index contributed by atoms with van der Waals surface area (Å²) in [6, 6.07) is 6.26. The molecule has 0 spiro atoms. The summed E-state index contributed by atoms with van der Waals surface area (Å²) in [5, 5.41) is 2.30. The Morgan fingerprint density at radius 1 is 1.15 bits per heavy atom. The second-order valence-corrected chi connectivity index (χ2v) is 13.3. The average molecular weight is 588 g/mol. The first kappa shape index (κ1) is 33.2. The van der Waals surface area contributed by atoms with Gasteiger partial charge < -0.3 is 23.8 Å². The number of carbonyl (C=O) groups is 3. The molecule has 10 nitrogen and oxygen atoms in total. The molecule has 3 saturated carbocycles. The number of imide groups is 1. The Kier molecular flexibility index (Phi) is 10.1. The fraction of sp³-hybridized carbons (Fsp3) is 0.679. The zero-order valence-corrected chi connectivity index (χ0v) is 27.1. The number of amides is 2. The first-order valence-electron chi connectivity index (χ1n) is 13.6. The summed E-state index contributed by atoms with van der Waals surface area (Å²) in [5.74, 6) is -0.459. The van der Waals surface area contributed by atoms with Gasteiger partial charge in [0.25, 0.3) is 13.7 Å². The fourth-order valence-corrected chi connectivity index (χ4v) is 8.18. The van der Waals surface area contributed by atoms with E-state index in [1.807, 2.05) is 20.8 Å². The molecule has 0 aromatic heterocycles. The zero-order chi connectivity index (χ0) is 28.8. The summed E-state index contributed by atoms with van der Waals surface area (Å²) in [4.78, 5) is 61.1. The molecule has 216 valence electrons. The Balaban J connectivity index is 0.00000441. The van der Waals surface area contributed by atoms with Crippen LogP contribution >= 0.6 is 7.82 Å². The molecular formula is C28H39NNaO9P. The van der Waals surface area contributed by atoms with Crippen LogP contribution in [0.3, 0.4) is 0 Å². The number of alkyl carbamates (subject to hydrolysis) is 1. The number of Topliss-reactive ketones (excluding diaryl/α,β-unsaturated/α-hetero) is 1. The van der Waals surface area contributed by atoms with Crippen LogP contribution in [0, 0.1) is 28.1 Å². The molecule has 0 radical (unpaired) electrons. The molecule has 2 bridgehead atoms. The first-order valence-corrected chi connectivity index (χ1v) is 15.1. The smallest absolute Gasteiger partial charge is 0.756 e. The third-order valence-electron chi connectivity index (χ3n) is 10.2. The van der Waals surface area contributed by atoms with Crippen molar-refractivity contribution in [1.82, 2.24) is 5.32 Å². The zero-order valence-electron chi connectivity index (χ0n) is 24.2. The van der Waals surface area contributed by atoms with E-state index < -0.39 is 54.2 Å². The third-order valence-corrected chi connectivity index (χ3v) is 10.7. The van der Waals surface area contributed by atoms with E-state index in [1.54, 1.807) is 12.1 Å². The van der Waals surface area contributed by atoms with Gasteiger partial charge in [-0.15, -0.1) is 0 Å². The molecule has 2 unspecified atom stereocenters. The molecule has 8 atom stereocenters.